The molecule has 4 rings (SSSR count). The van der Waals surface area contributed by atoms with Crippen LogP contribution in [0.4, 0.5) is 8.78 Å². The van der Waals surface area contributed by atoms with Gasteiger partial charge in [0.2, 0.25) is 5.91 Å². The Bertz CT molecular complexity index is 714. The number of carbonyl (C=O) groups excluding carboxylic acids is 1. The van der Waals surface area contributed by atoms with E-state index in [4.69, 9.17) is 4.74 Å². The molecule has 2 bridgehead atoms. The van der Waals surface area contributed by atoms with E-state index in [1.54, 1.807) is 0 Å². The Hall–Kier alpha value is -1.49. The zero-order valence-electron chi connectivity index (χ0n) is 15.6. The molecule has 0 radical (unpaired) electrons. The van der Waals surface area contributed by atoms with Crippen molar-refractivity contribution in [2.45, 2.75) is 58.6 Å². The van der Waals surface area contributed by atoms with Gasteiger partial charge in [0.25, 0.3) is 0 Å². The first-order valence-electron chi connectivity index (χ1n) is 9.66. The summed E-state index contributed by atoms with van der Waals surface area (Å²) >= 11 is 0. The van der Waals surface area contributed by atoms with Crippen molar-refractivity contribution in [1.82, 2.24) is 5.32 Å². The molecule has 0 unspecified atom stereocenters. The summed E-state index contributed by atoms with van der Waals surface area (Å²) in [5, 5.41) is 3.26. The third-order valence-electron chi connectivity index (χ3n) is 7.42. The molecule has 1 aromatic carbocycles. The van der Waals surface area contributed by atoms with E-state index in [1.165, 1.54) is 18.2 Å². The van der Waals surface area contributed by atoms with Crippen LogP contribution in [0.15, 0.2) is 18.2 Å². The van der Waals surface area contributed by atoms with Crippen molar-refractivity contribution in [2.75, 3.05) is 6.61 Å². The number of halogens is 2. The average molecular weight is 363 g/mol. The third-order valence-corrected chi connectivity index (χ3v) is 7.42. The monoisotopic (exact) mass is 363 g/mol. The highest BCUT2D eigenvalue weighted by Gasteiger charge is 2.68. The summed E-state index contributed by atoms with van der Waals surface area (Å²) in [5.41, 5.74) is -0.101. The molecule has 1 saturated heterocycles. The summed E-state index contributed by atoms with van der Waals surface area (Å²) < 4.78 is 34.9. The van der Waals surface area contributed by atoms with Crippen LogP contribution < -0.4 is 5.32 Å². The molecule has 1 amide bonds. The Kier molecular flexibility index (Phi) is 4.14. The van der Waals surface area contributed by atoms with Gasteiger partial charge in [-0.25, -0.2) is 8.78 Å². The molecular formula is C21H27F2NO2. The summed E-state index contributed by atoms with van der Waals surface area (Å²) in [4.78, 5) is 12.2. The van der Waals surface area contributed by atoms with Gasteiger partial charge in [0.05, 0.1) is 11.7 Å². The van der Waals surface area contributed by atoms with Crippen LogP contribution in [0.3, 0.4) is 0 Å². The minimum Gasteiger partial charge on any atom is -0.373 e. The molecule has 5 atom stereocenters. The molecule has 5 heteroatoms. The van der Waals surface area contributed by atoms with Gasteiger partial charge < -0.3 is 10.1 Å². The van der Waals surface area contributed by atoms with Crippen LogP contribution in [-0.4, -0.2) is 18.6 Å². The Morgan fingerprint density at radius 1 is 1.31 bits per heavy atom. The number of amides is 1. The summed E-state index contributed by atoms with van der Waals surface area (Å²) in [7, 11) is 0. The largest absolute Gasteiger partial charge is 0.373 e. The highest BCUT2D eigenvalue weighted by Crippen LogP contribution is 2.70. The average Bonchev–Trinajstić information content (AvgIpc) is 3.08. The maximum Gasteiger partial charge on any atom is 0.219 e. The number of fused-ring (bicyclic) bond motifs is 1. The summed E-state index contributed by atoms with van der Waals surface area (Å²) in [5.74, 6) is -0.577. The number of hydrogen-bond acceptors (Lipinski definition) is 2. The molecule has 2 aliphatic carbocycles. The number of rotatable bonds is 3. The van der Waals surface area contributed by atoms with Crippen molar-refractivity contribution in [3.8, 4) is 0 Å². The summed E-state index contributed by atoms with van der Waals surface area (Å²) in [6, 6.07) is 4.01. The first-order valence-corrected chi connectivity index (χ1v) is 9.66. The van der Waals surface area contributed by atoms with Gasteiger partial charge in [0.1, 0.15) is 11.6 Å². The molecule has 1 spiro atoms. The number of ether oxygens (including phenoxy) is 1. The van der Waals surface area contributed by atoms with Gasteiger partial charge in [-0.15, -0.1) is 0 Å². The lowest BCUT2D eigenvalue weighted by Crippen LogP contribution is -2.58. The molecule has 3 nitrogen and oxygen atoms in total. The zero-order chi connectivity index (χ0) is 18.7. The predicted molar refractivity (Wildman–Crippen MR) is 94.3 cm³/mol. The molecule has 1 heterocycles. The van der Waals surface area contributed by atoms with Crippen LogP contribution in [0.25, 0.3) is 0 Å². The minimum atomic E-state index is -0.577. The molecule has 0 aromatic heterocycles. The molecule has 3 aliphatic rings. The van der Waals surface area contributed by atoms with Gasteiger partial charge in [0.15, 0.2) is 0 Å². The van der Waals surface area contributed by atoms with Gasteiger partial charge in [-0.2, -0.15) is 0 Å². The van der Waals surface area contributed by atoms with E-state index in [0.717, 1.165) is 19.3 Å². The van der Waals surface area contributed by atoms with Crippen LogP contribution in [0, 0.1) is 34.3 Å². The van der Waals surface area contributed by atoms with Gasteiger partial charge in [0, 0.05) is 19.1 Å². The minimum absolute atomic E-state index is 0.0169. The number of nitrogens with one attached hydrogen (secondary N) is 1. The molecule has 3 fully saturated rings. The van der Waals surface area contributed by atoms with Crippen LogP contribution >= 0.6 is 0 Å². The Morgan fingerprint density at radius 3 is 2.65 bits per heavy atom. The molecule has 1 aromatic rings. The topological polar surface area (TPSA) is 38.3 Å². The lowest BCUT2D eigenvalue weighted by atomic mass is 9.58. The van der Waals surface area contributed by atoms with E-state index in [9.17, 15) is 13.6 Å². The van der Waals surface area contributed by atoms with Gasteiger partial charge in [-0.3, -0.25) is 4.79 Å². The van der Waals surface area contributed by atoms with Crippen molar-refractivity contribution in [2.24, 2.45) is 22.7 Å². The van der Waals surface area contributed by atoms with E-state index >= 15 is 0 Å². The number of carbonyl (C=O) groups is 1. The first kappa shape index (κ1) is 17.9. The Morgan fingerprint density at radius 2 is 2.00 bits per heavy atom. The second-order valence-corrected chi connectivity index (χ2v) is 8.83. The van der Waals surface area contributed by atoms with E-state index in [1.807, 2.05) is 6.92 Å². The third kappa shape index (κ3) is 2.35. The van der Waals surface area contributed by atoms with E-state index < -0.39 is 17.7 Å². The Balaban J connectivity index is 1.74. The van der Waals surface area contributed by atoms with E-state index in [-0.39, 0.29) is 34.3 Å². The van der Waals surface area contributed by atoms with Crippen LogP contribution in [-0.2, 0) is 9.53 Å². The van der Waals surface area contributed by atoms with Crippen molar-refractivity contribution in [3.05, 3.63) is 35.4 Å². The van der Waals surface area contributed by atoms with E-state index in [2.05, 4.69) is 19.2 Å². The maximum absolute atomic E-state index is 14.5. The first-order chi connectivity index (χ1) is 12.3. The number of hydrogen-bond donors (Lipinski definition) is 1. The lowest BCUT2D eigenvalue weighted by molar-refractivity contribution is -0.138. The fourth-order valence-electron chi connectivity index (χ4n) is 6.12. The normalized spacial score (nSPS) is 37.4. The lowest BCUT2D eigenvalue weighted by Gasteiger charge is -2.53. The highest BCUT2D eigenvalue weighted by molar-refractivity contribution is 5.76. The fraction of sp³-hybridized carbons (Fsp3) is 0.667. The second kappa shape index (κ2) is 6.01. The Labute approximate surface area is 153 Å². The van der Waals surface area contributed by atoms with Gasteiger partial charge in [-0.1, -0.05) is 26.8 Å². The molecule has 142 valence electrons. The molecular weight excluding hydrogens is 336 g/mol. The zero-order valence-corrected chi connectivity index (χ0v) is 15.6. The van der Waals surface area contributed by atoms with Crippen LogP contribution in [0.2, 0.25) is 0 Å². The van der Waals surface area contributed by atoms with Crippen molar-refractivity contribution < 1.29 is 18.3 Å². The van der Waals surface area contributed by atoms with Crippen molar-refractivity contribution >= 4 is 5.91 Å². The summed E-state index contributed by atoms with van der Waals surface area (Å²) in [6.07, 6.45) is 2.59. The molecule has 26 heavy (non-hydrogen) atoms. The van der Waals surface area contributed by atoms with Crippen molar-refractivity contribution in [1.29, 1.82) is 0 Å². The maximum atomic E-state index is 14.5. The molecule has 1 N–H and O–H groups in total. The molecule has 2 saturated carbocycles. The summed E-state index contributed by atoms with van der Waals surface area (Å²) in [6.45, 7) is 6.76. The second-order valence-electron chi connectivity index (χ2n) is 8.83. The van der Waals surface area contributed by atoms with Gasteiger partial charge in [-0.05, 0) is 54.1 Å². The predicted octanol–water partition coefficient (Wildman–Crippen LogP) is 4.37. The quantitative estimate of drug-likeness (QED) is 0.866. The molecule has 1 aliphatic heterocycles. The smallest absolute Gasteiger partial charge is 0.219 e. The van der Waals surface area contributed by atoms with Crippen LogP contribution in [0.5, 0.6) is 0 Å². The standard InChI is InChI=1S/C21H27F2NO2/c1-4-16(25)24-19-20(2,3)12-10-13-18(26-9-8-21(13,19)11-12)17-14(22)6-5-7-15(17)23/h5-7,12-13,18-19H,4,8-11H2,1-3H3,(H,24,25)/t12-,13-,18+,19+,21-/m1/s1. The fourth-order valence-corrected chi connectivity index (χ4v) is 6.12. The highest BCUT2D eigenvalue weighted by atomic mass is 19.1. The van der Waals surface area contributed by atoms with Crippen molar-refractivity contribution in [3.63, 3.8) is 0 Å². The number of benzene rings is 1. The SMILES string of the molecule is CCC(=O)N[C@H]1C(C)(C)[C@@H]2C[C@@H]3[C@@H](c4c(F)cccc4F)OCC[C@@]31C2. The van der Waals surface area contributed by atoms with Crippen LogP contribution in [0.1, 0.15) is 58.1 Å². The van der Waals surface area contributed by atoms with Gasteiger partial charge >= 0.3 is 0 Å². The van der Waals surface area contributed by atoms with E-state index in [0.29, 0.717) is 18.9 Å².